The van der Waals surface area contributed by atoms with E-state index in [0.717, 1.165) is 0 Å². The first-order valence-electron chi connectivity index (χ1n) is 2.33. The van der Waals surface area contributed by atoms with Crippen LogP contribution in [0.4, 0.5) is 4.79 Å². The van der Waals surface area contributed by atoms with Crippen LogP contribution in [0, 0.1) is 0 Å². The molecule has 0 atom stereocenters. The van der Waals surface area contributed by atoms with Gasteiger partial charge in [-0.05, 0) is 6.07 Å². The smallest absolute Gasteiger partial charge is 0.449 e. The molecule has 4 heteroatoms. The van der Waals surface area contributed by atoms with Crippen LogP contribution in [0.5, 0.6) is 5.88 Å². The van der Waals surface area contributed by atoms with E-state index in [4.69, 9.17) is 5.11 Å². The predicted molar refractivity (Wildman–Crippen MR) is 29.4 cm³/mol. The average molecular weight is 127 g/mol. The maximum Gasteiger partial charge on any atom is 0.512 e. The number of hydrogen-bond donors (Lipinski definition) is 2. The molecule has 0 bridgehead atoms. The van der Waals surface area contributed by atoms with Gasteiger partial charge >= 0.3 is 6.16 Å². The highest BCUT2D eigenvalue weighted by molar-refractivity contribution is 5.60. The molecule has 0 fully saturated rings. The van der Waals surface area contributed by atoms with Crippen LogP contribution in [0.3, 0.4) is 0 Å². The molecule has 0 aliphatic rings. The Balaban J connectivity index is 2.58. The molecule has 0 spiro atoms. The first-order valence-corrected chi connectivity index (χ1v) is 2.33. The maximum atomic E-state index is 9.82. The lowest BCUT2D eigenvalue weighted by atomic mass is 10.7. The van der Waals surface area contributed by atoms with Gasteiger partial charge in [-0.3, -0.25) is 0 Å². The van der Waals surface area contributed by atoms with Crippen LogP contribution in [0.15, 0.2) is 18.3 Å². The Kier molecular flexibility index (Phi) is 1.40. The standard InChI is InChI=1S/C5H5NO3/c7-5(8)9-4-2-1-3-6-4/h1-3,6H,(H,7,8). The molecule has 0 saturated heterocycles. The van der Waals surface area contributed by atoms with Crippen molar-refractivity contribution in [3.8, 4) is 5.88 Å². The van der Waals surface area contributed by atoms with Gasteiger partial charge in [0, 0.05) is 12.3 Å². The van der Waals surface area contributed by atoms with E-state index in [1.807, 2.05) is 0 Å². The Hall–Kier alpha value is -1.45. The fourth-order valence-corrected chi connectivity index (χ4v) is 0.471. The van der Waals surface area contributed by atoms with Crippen LogP contribution in [0.25, 0.3) is 0 Å². The molecule has 2 N–H and O–H groups in total. The third-order valence-electron chi connectivity index (χ3n) is 0.767. The molecule has 48 valence electrons. The summed E-state index contributed by atoms with van der Waals surface area (Å²) in [7, 11) is 0. The van der Waals surface area contributed by atoms with E-state index in [-0.39, 0.29) is 5.88 Å². The highest BCUT2D eigenvalue weighted by Gasteiger charge is 1.97. The summed E-state index contributed by atoms with van der Waals surface area (Å²) in [4.78, 5) is 12.4. The molecule has 0 aliphatic carbocycles. The van der Waals surface area contributed by atoms with E-state index in [1.165, 1.54) is 6.07 Å². The molecule has 9 heavy (non-hydrogen) atoms. The summed E-state index contributed by atoms with van der Waals surface area (Å²) in [5.74, 6) is 0.238. The molecule has 1 rings (SSSR count). The van der Waals surface area contributed by atoms with Crippen molar-refractivity contribution in [2.24, 2.45) is 0 Å². The van der Waals surface area contributed by atoms with Crippen molar-refractivity contribution in [2.45, 2.75) is 0 Å². The number of aromatic amines is 1. The monoisotopic (exact) mass is 127 g/mol. The van der Waals surface area contributed by atoms with Gasteiger partial charge in [-0.25, -0.2) is 4.79 Å². The van der Waals surface area contributed by atoms with Crippen LogP contribution in [-0.2, 0) is 0 Å². The van der Waals surface area contributed by atoms with Crippen LogP contribution in [0.2, 0.25) is 0 Å². The second-order valence-electron chi connectivity index (χ2n) is 1.40. The molecule has 1 aromatic heterocycles. The van der Waals surface area contributed by atoms with Gasteiger partial charge in [-0.2, -0.15) is 0 Å². The molecule has 0 unspecified atom stereocenters. The average Bonchev–Trinajstić information content (AvgIpc) is 2.15. The van der Waals surface area contributed by atoms with Gasteiger partial charge in [0.25, 0.3) is 0 Å². The maximum absolute atomic E-state index is 9.82. The number of rotatable bonds is 1. The molecule has 0 amide bonds. The lowest BCUT2D eigenvalue weighted by Crippen LogP contribution is -2.02. The van der Waals surface area contributed by atoms with Gasteiger partial charge in [0.05, 0.1) is 0 Å². The minimum atomic E-state index is -1.31. The van der Waals surface area contributed by atoms with E-state index in [0.29, 0.717) is 0 Å². The van der Waals surface area contributed by atoms with Crippen molar-refractivity contribution < 1.29 is 14.6 Å². The van der Waals surface area contributed by atoms with Crippen molar-refractivity contribution in [1.29, 1.82) is 0 Å². The van der Waals surface area contributed by atoms with Gasteiger partial charge in [0.1, 0.15) is 0 Å². The number of aromatic nitrogens is 1. The summed E-state index contributed by atoms with van der Waals surface area (Å²) < 4.78 is 4.22. The fourth-order valence-electron chi connectivity index (χ4n) is 0.471. The van der Waals surface area contributed by atoms with Crippen molar-refractivity contribution in [3.63, 3.8) is 0 Å². The van der Waals surface area contributed by atoms with E-state index < -0.39 is 6.16 Å². The van der Waals surface area contributed by atoms with E-state index >= 15 is 0 Å². The number of hydrogen-bond acceptors (Lipinski definition) is 2. The van der Waals surface area contributed by atoms with Crippen molar-refractivity contribution in [1.82, 2.24) is 4.98 Å². The van der Waals surface area contributed by atoms with E-state index in [9.17, 15) is 4.79 Å². The molecular formula is C5H5NO3. The zero-order valence-corrected chi connectivity index (χ0v) is 4.50. The van der Waals surface area contributed by atoms with Gasteiger partial charge in [-0.15, -0.1) is 0 Å². The van der Waals surface area contributed by atoms with Crippen molar-refractivity contribution in [2.75, 3.05) is 0 Å². The highest BCUT2D eigenvalue weighted by Crippen LogP contribution is 2.03. The lowest BCUT2D eigenvalue weighted by molar-refractivity contribution is 0.143. The SMILES string of the molecule is O=C(O)Oc1ccc[nH]1. The number of nitrogens with one attached hydrogen (secondary N) is 1. The topological polar surface area (TPSA) is 62.3 Å². The quantitative estimate of drug-likeness (QED) is 0.554. The predicted octanol–water partition coefficient (Wildman–Crippen LogP) is 1.07. The summed E-state index contributed by atoms with van der Waals surface area (Å²) in [5.41, 5.74) is 0. The molecule has 0 saturated carbocycles. The van der Waals surface area contributed by atoms with E-state index in [1.54, 1.807) is 12.3 Å². The molecule has 0 aromatic carbocycles. The van der Waals surface area contributed by atoms with Gasteiger partial charge in [0.2, 0.25) is 5.88 Å². The summed E-state index contributed by atoms with van der Waals surface area (Å²) in [6, 6.07) is 3.17. The third kappa shape index (κ3) is 1.49. The Morgan fingerprint density at radius 1 is 1.78 bits per heavy atom. The van der Waals surface area contributed by atoms with Crippen molar-refractivity contribution in [3.05, 3.63) is 18.3 Å². The van der Waals surface area contributed by atoms with E-state index in [2.05, 4.69) is 9.72 Å². The minimum absolute atomic E-state index is 0.238. The van der Waals surface area contributed by atoms with Crippen molar-refractivity contribution >= 4 is 6.16 Å². The highest BCUT2D eigenvalue weighted by atomic mass is 16.7. The summed E-state index contributed by atoms with van der Waals surface area (Å²) in [6.45, 7) is 0. The minimum Gasteiger partial charge on any atom is -0.449 e. The Labute approximate surface area is 51.1 Å². The first-order chi connectivity index (χ1) is 4.29. The number of carboxylic acid groups (broad SMARTS) is 1. The van der Waals surface area contributed by atoms with Gasteiger partial charge in [0.15, 0.2) is 0 Å². The number of ether oxygens (including phenoxy) is 1. The van der Waals surface area contributed by atoms with Gasteiger partial charge in [-0.1, -0.05) is 0 Å². The van der Waals surface area contributed by atoms with Crippen LogP contribution < -0.4 is 4.74 Å². The molecule has 0 aliphatic heterocycles. The molecule has 0 radical (unpaired) electrons. The van der Waals surface area contributed by atoms with Gasteiger partial charge < -0.3 is 14.8 Å². The largest absolute Gasteiger partial charge is 0.512 e. The zero-order chi connectivity index (χ0) is 6.69. The first kappa shape index (κ1) is 5.68. The third-order valence-corrected chi connectivity index (χ3v) is 0.767. The normalized spacial score (nSPS) is 8.89. The lowest BCUT2D eigenvalue weighted by Gasteiger charge is -1.90. The Morgan fingerprint density at radius 3 is 3.00 bits per heavy atom. The number of H-pyrrole nitrogens is 1. The summed E-state index contributed by atoms with van der Waals surface area (Å²) >= 11 is 0. The second kappa shape index (κ2) is 2.21. The molecular weight excluding hydrogens is 122 g/mol. The summed E-state index contributed by atoms with van der Waals surface area (Å²) in [5, 5.41) is 8.04. The fraction of sp³-hybridized carbons (Fsp3) is 0. The Morgan fingerprint density at radius 2 is 2.56 bits per heavy atom. The van der Waals surface area contributed by atoms with Crippen LogP contribution in [0.1, 0.15) is 0 Å². The molecule has 1 heterocycles. The van der Waals surface area contributed by atoms with Crippen LogP contribution in [-0.4, -0.2) is 16.2 Å². The number of carbonyl (C=O) groups is 1. The summed E-state index contributed by atoms with van der Waals surface area (Å²) in [6.07, 6.45) is 0.274. The van der Waals surface area contributed by atoms with Crippen LogP contribution >= 0.6 is 0 Å². The molecule has 4 nitrogen and oxygen atoms in total. The Bertz CT molecular complexity index is 192. The second-order valence-corrected chi connectivity index (χ2v) is 1.40. The zero-order valence-electron chi connectivity index (χ0n) is 4.50. The molecule has 1 aromatic rings.